The Labute approximate surface area is 121 Å². The molecule has 0 fully saturated rings. The van der Waals surface area contributed by atoms with Crippen molar-refractivity contribution in [2.75, 3.05) is 13.2 Å². The van der Waals surface area contributed by atoms with Gasteiger partial charge in [-0.25, -0.2) is 0 Å². The van der Waals surface area contributed by atoms with E-state index in [1.54, 1.807) is 0 Å². The summed E-state index contributed by atoms with van der Waals surface area (Å²) in [5.74, 6) is 1.17. The summed E-state index contributed by atoms with van der Waals surface area (Å²) < 4.78 is 5.54. The SMILES string of the molecule is CC(C)C(CCO)NC(=O)CCCOc1ccccc1. The van der Waals surface area contributed by atoms with Gasteiger partial charge in [-0.05, 0) is 30.9 Å². The van der Waals surface area contributed by atoms with E-state index in [-0.39, 0.29) is 18.6 Å². The van der Waals surface area contributed by atoms with Gasteiger partial charge in [-0.15, -0.1) is 0 Å². The lowest BCUT2D eigenvalue weighted by atomic mass is 10.0. The molecule has 4 nitrogen and oxygen atoms in total. The fourth-order valence-corrected chi connectivity index (χ4v) is 1.93. The summed E-state index contributed by atoms with van der Waals surface area (Å²) >= 11 is 0. The second-order valence-corrected chi connectivity index (χ2v) is 5.20. The lowest BCUT2D eigenvalue weighted by Gasteiger charge is -2.21. The minimum absolute atomic E-state index is 0.0220. The maximum atomic E-state index is 11.8. The molecule has 2 N–H and O–H groups in total. The maximum Gasteiger partial charge on any atom is 0.220 e. The Morgan fingerprint density at radius 3 is 2.60 bits per heavy atom. The first-order chi connectivity index (χ1) is 9.63. The van der Waals surface area contributed by atoms with Crippen LogP contribution in [0.1, 0.15) is 33.1 Å². The molecule has 1 atom stereocenters. The highest BCUT2D eigenvalue weighted by atomic mass is 16.5. The standard InChI is InChI=1S/C16H25NO3/c1-13(2)15(10-11-18)17-16(19)9-6-12-20-14-7-4-3-5-8-14/h3-5,7-8,13,15,18H,6,9-12H2,1-2H3,(H,17,19). The minimum Gasteiger partial charge on any atom is -0.494 e. The van der Waals surface area contributed by atoms with Crippen LogP contribution in [-0.4, -0.2) is 30.3 Å². The molecular weight excluding hydrogens is 254 g/mol. The number of para-hydroxylation sites is 1. The lowest BCUT2D eigenvalue weighted by molar-refractivity contribution is -0.122. The van der Waals surface area contributed by atoms with Crippen LogP contribution in [-0.2, 0) is 4.79 Å². The molecule has 0 aliphatic heterocycles. The van der Waals surface area contributed by atoms with Crippen LogP contribution >= 0.6 is 0 Å². The van der Waals surface area contributed by atoms with Gasteiger partial charge in [0.15, 0.2) is 0 Å². The largest absolute Gasteiger partial charge is 0.494 e. The molecule has 0 saturated heterocycles. The van der Waals surface area contributed by atoms with E-state index in [1.807, 2.05) is 44.2 Å². The number of nitrogens with one attached hydrogen (secondary N) is 1. The van der Waals surface area contributed by atoms with Gasteiger partial charge < -0.3 is 15.2 Å². The first-order valence-electron chi connectivity index (χ1n) is 7.21. The second-order valence-electron chi connectivity index (χ2n) is 5.20. The number of ether oxygens (including phenoxy) is 1. The molecule has 1 amide bonds. The van der Waals surface area contributed by atoms with Crippen LogP contribution in [0.25, 0.3) is 0 Å². The Hall–Kier alpha value is -1.55. The van der Waals surface area contributed by atoms with Gasteiger partial charge in [0, 0.05) is 19.1 Å². The molecule has 1 unspecified atom stereocenters. The minimum atomic E-state index is 0.0220. The Kier molecular flexibility index (Phi) is 7.73. The van der Waals surface area contributed by atoms with Gasteiger partial charge in [0.25, 0.3) is 0 Å². The summed E-state index contributed by atoms with van der Waals surface area (Å²) in [5.41, 5.74) is 0. The molecule has 0 spiro atoms. The number of hydrogen-bond acceptors (Lipinski definition) is 3. The molecule has 0 aliphatic rings. The van der Waals surface area contributed by atoms with Crippen molar-refractivity contribution in [3.63, 3.8) is 0 Å². The van der Waals surface area contributed by atoms with Gasteiger partial charge in [-0.2, -0.15) is 0 Å². The van der Waals surface area contributed by atoms with Gasteiger partial charge in [-0.1, -0.05) is 32.0 Å². The Balaban J connectivity index is 2.19. The Morgan fingerprint density at radius 1 is 1.30 bits per heavy atom. The third kappa shape index (κ3) is 6.57. The molecule has 20 heavy (non-hydrogen) atoms. The van der Waals surface area contributed by atoms with Crippen molar-refractivity contribution in [2.24, 2.45) is 5.92 Å². The van der Waals surface area contributed by atoms with Crippen LogP contribution in [0.4, 0.5) is 0 Å². The predicted octanol–water partition coefficient (Wildman–Crippen LogP) is 2.37. The predicted molar refractivity (Wildman–Crippen MR) is 79.6 cm³/mol. The summed E-state index contributed by atoms with van der Waals surface area (Å²) in [6.45, 7) is 4.71. The van der Waals surface area contributed by atoms with Gasteiger partial charge in [0.1, 0.15) is 5.75 Å². The lowest BCUT2D eigenvalue weighted by Crippen LogP contribution is -2.39. The van der Waals surface area contributed by atoms with Crippen LogP contribution in [0.2, 0.25) is 0 Å². The van der Waals surface area contributed by atoms with Crippen molar-refractivity contribution in [3.05, 3.63) is 30.3 Å². The van der Waals surface area contributed by atoms with Crippen molar-refractivity contribution >= 4 is 5.91 Å². The van der Waals surface area contributed by atoms with E-state index < -0.39 is 0 Å². The zero-order chi connectivity index (χ0) is 14.8. The topological polar surface area (TPSA) is 58.6 Å². The van der Waals surface area contributed by atoms with Crippen molar-refractivity contribution in [3.8, 4) is 5.75 Å². The van der Waals surface area contributed by atoms with E-state index >= 15 is 0 Å². The molecule has 0 heterocycles. The normalized spacial score (nSPS) is 12.2. The molecule has 0 aliphatic carbocycles. The van der Waals surface area contributed by atoms with E-state index in [4.69, 9.17) is 9.84 Å². The van der Waals surface area contributed by atoms with Crippen molar-refractivity contribution in [1.82, 2.24) is 5.32 Å². The van der Waals surface area contributed by atoms with Crippen molar-refractivity contribution in [2.45, 2.75) is 39.2 Å². The van der Waals surface area contributed by atoms with Crippen LogP contribution in [0.5, 0.6) is 5.75 Å². The Morgan fingerprint density at radius 2 is 2.00 bits per heavy atom. The first-order valence-corrected chi connectivity index (χ1v) is 7.21. The van der Waals surface area contributed by atoms with E-state index in [0.717, 1.165) is 5.75 Å². The zero-order valence-corrected chi connectivity index (χ0v) is 12.3. The summed E-state index contributed by atoms with van der Waals surface area (Å²) in [7, 11) is 0. The van der Waals surface area contributed by atoms with E-state index in [9.17, 15) is 4.79 Å². The molecule has 4 heteroatoms. The quantitative estimate of drug-likeness (QED) is 0.682. The van der Waals surface area contributed by atoms with Crippen LogP contribution < -0.4 is 10.1 Å². The molecule has 0 aromatic heterocycles. The van der Waals surface area contributed by atoms with Crippen molar-refractivity contribution < 1.29 is 14.6 Å². The number of amides is 1. The molecule has 0 radical (unpaired) electrons. The highest BCUT2D eigenvalue weighted by molar-refractivity contribution is 5.76. The number of benzene rings is 1. The summed E-state index contributed by atoms with van der Waals surface area (Å²) in [5, 5.41) is 11.9. The smallest absolute Gasteiger partial charge is 0.220 e. The molecule has 112 valence electrons. The van der Waals surface area contributed by atoms with Crippen LogP contribution in [0.3, 0.4) is 0 Å². The van der Waals surface area contributed by atoms with Crippen LogP contribution in [0, 0.1) is 5.92 Å². The molecule has 1 aromatic carbocycles. The highest BCUT2D eigenvalue weighted by Gasteiger charge is 2.15. The number of carbonyl (C=O) groups is 1. The van der Waals surface area contributed by atoms with Gasteiger partial charge >= 0.3 is 0 Å². The van der Waals surface area contributed by atoms with Gasteiger partial charge in [0.05, 0.1) is 6.61 Å². The first kappa shape index (κ1) is 16.5. The molecule has 0 bridgehead atoms. The van der Waals surface area contributed by atoms with E-state index in [1.165, 1.54) is 0 Å². The second kappa shape index (κ2) is 9.37. The number of carbonyl (C=O) groups excluding carboxylic acids is 1. The third-order valence-electron chi connectivity index (χ3n) is 3.15. The summed E-state index contributed by atoms with van der Waals surface area (Å²) in [6.07, 6.45) is 1.73. The zero-order valence-electron chi connectivity index (χ0n) is 12.3. The average Bonchev–Trinajstić information content (AvgIpc) is 2.44. The number of aliphatic hydroxyl groups excluding tert-OH is 1. The maximum absolute atomic E-state index is 11.8. The summed E-state index contributed by atoms with van der Waals surface area (Å²) in [4.78, 5) is 11.8. The summed E-state index contributed by atoms with van der Waals surface area (Å²) in [6, 6.07) is 9.62. The molecular formula is C16H25NO3. The molecule has 1 aromatic rings. The monoisotopic (exact) mass is 279 g/mol. The Bertz CT molecular complexity index is 379. The average molecular weight is 279 g/mol. The third-order valence-corrected chi connectivity index (χ3v) is 3.15. The number of aliphatic hydroxyl groups is 1. The van der Waals surface area contributed by atoms with Gasteiger partial charge in [-0.3, -0.25) is 4.79 Å². The van der Waals surface area contributed by atoms with Crippen LogP contribution in [0.15, 0.2) is 30.3 Å². The fourth-order valence-electron chi connectivity index (χ4n) is 1.93. The fraction of sp³-hybridized carbons (Fsp3) is 0.562. The molecule has 0 saturated carbocycles. The highest BCUT2D eigenvalue weighted by Crippen LogP contribution is 2.09. The number of hydrogen-bond donors (Lipinski definition) is 2. The van der Waals surface area contributed by atoms with Crippen molar-refractivity contribution in [1.29, 1.82) is 0 Å². The number of rotatable bonds is 9. The van der Waals surface area contributed by atoms with E-state index in [2.05, 4.69) is 5.32 Å². The van der Waals surface area contributed by atoms with Gasteiger partial charge in [0.2, 0.25) is 5.91 Å². The van der Waals surface area contributed by atoms with E-state index in [0.29, 0.717) is 31.8 Å². The molecule has 1 rings (SSSR count).